The van der Waals surface area contributed by atoms with Crippen LogP contribution in [0.25, 0.3) is 0 Å². The summed E-state index contributed by atoms with van der Waals surface area (Å²) in [5, 5.41) is 3.57. The van der Waals surface area contributed by atoms with Gasteiger partial charge in [-0.25, -0.2) is 0 Å². The van der Waals surface area contributed by atoms with Gasteiger partial charge < -0.3 is 14.8 Å². The van der Waals surface area contributed by atoms with Gasteiger partial charge in [0.25, 0.3) is 0 Å². The minimum absolute atomic E-state index is 0.392. The summed E-state index contributed by atoms with van der Waals surface area (Å²) in [4.78, 5) is 0. The minimum Gasteiger partial charge on any atom is -0.493 e. The van der Waals surface area contributed by atoms with Crippen molar-refractivity contribution in [3.63, 3.8) is 0 Å². The van der Waals surface area contributed by atoms with Crippen molar-refractivity contribution in [1.82, 2.24) is 5.32 Å². The number of hydrogen-bond donors (Lipinski definition) is 1. The predicted molar refractivity (Wildman–Crippen MR) is 89.0 cm³/mol. The minimum atomic E-state index is 0.392. The molecule has 1 aliphatic rings. The molecule has 1 fully saturated rings. The summed E-state index contributed by atoms with van der Waals surface area (Å²) in [5.41, 5.74) is 1.19. The molecule has 1 unspecified atom stereocenters. The summed E-state index contributed by atoms with van der Waals surface area (Å²) >= 11 is 5.68. The van der Waals surface area contributed by atoms with Crippen molar-refractivity contribution in [2.45, 2.75) is 31.1 Å². The molecule has 1 heterocycles. The van der Waals surface area contributed by atoms with Gasteiger partial charge in [0, 0.05) is 22.3 Å². The van der Waals surface area contributed by atoms with Crippen LogP contribution < -0.4 is 14.8 Å². The fraction of sp³-hybridized carbons (Fsp3) is 0.600. The van der Waals surface area contributed by atoms with Gasteiger partial charge in [-0.15, -0.1) is 0 Å². The summed E-state index contributed by atoms with van der Waals surface area (Å²) in [5.74, 6) is 2.81. The van der Waals surface area contributed by atoms with E-state index < -0.39 is 0 Å². The maximum Gasteiger partial charge on any atom is 0.161 e. The van der Waals surface area contributed by atoms with E-state index in [9.17, 15) is 0 Å². The van der Waals surface area contributed by atoms with Crippen LogP contribution in [0.4, 0.5) is 0 Å². The smallest absolute Gasteiger partial charge is 0.161 e. The van der Waals surface area contributed by atoms with Crippen molar-refractivity contribution in [2.75, 3.05) is 26.5 Å². The van der Waals surface area contributed by atoms with E-state index in [1.54, 1.807) is 14.2 Å². The van der Waals surface area contributed by atoms with E-state index in [2.05, 4.69) is 39.9 Å². The molecule has 1 aromatic rings. The molecule has 20 heavy (non-hydrogen) atoms. The van der Waals surface area contributed by atoms with Crippen LogP contribution >= 0.6 is 27.7 Å². The molecule has 1 atom stereocenters. The molecule has 1 aromatic carbocycles. The second-order valence-electron chi connectivity index (χ2n) is 5.30. The number of benzene rings is 1. The second kappa shape index (κ2) is 7.05. The topological polar surface area (TPSA) is 30.5 Å². The van der Waals surface area contributed by atoms with Gasteiger partial charge >= 0.3 is 0 Å². The van der Waals surface area contributed by atoms with E-state index in [0.29, 0.717) is 4.75 Å². The highest BCUT2D eigenvalue weighted by atomic mass is 79.9. The molecule has 0 radical (unpaired) electrons. The van der Waals surface area contributed by atoms with Crippen LogP contribution in [0.3, 0.4) is 0 Å². The Kier molecular flexibility index (Phi) is 5.64. The highest BCUT2D eigenvalue weighted by Crippen LogP contribution is 2.37. The van der Waals surface area contributed by atoms with Crippen molar-refractivity contribution >= 4 is 27.7 Å². The van der Waals surface area contributed by atoms with E-state index in [1.807, 2.05) is 12.1 Å². The molecular weight excluding hydrogens is 338 g/mol. The highest BCUT2D eigenvalue weighted by molar-refractivity contribution is 9.10. The van der Waals surface area contributed by atoms with Gasteiger partial charge in [-0.05, 0) is 43.2 Å². The lowest BCUT2D eigenvalue weighted by atomic mass is 10.1. The Balaban J connectivity index is 1.98. The zero-order valence-corrected chi connectivity index (χ0v) is 14.7. The number of halogens is 1. The maximum atomic E-state index is 5.35. The lowest BCUT2D eigenvalue weighted by Crippen LogP contribution is -2.32. The first-order valence-electron chi connectivity index (χ1n) is 6.83. The van der Waals surface area contributed by atoms with Gasteiger partial charge in [0.15, 0.2) is 11.5 Å². The molecule has 0 amide bonds. The third kappa shape index (κ3) is 3.83. The van der Waals surface area contributed by atoms with Crippen LogP contribution in [0.2, 0.25) is 0 Å². The number of nitrogens with one attached hydrogen (secondary N) is 1. The molecule has 1 saturated heterocycles. The SMILES string of the molecule is COc1cc(Br)c(CNCC2(C)CCCS2)cc1OC. The van der Waals surface area contributed by atoms with Crippen LogP contribution in [0.5, 0.6) is 11.5 Å². The van der Waals surface area contributed by atoms with Crippen molar-refractivity contribution in [3.05, 3.63) is 22.2 Å². The molecule has 2 rings (SSSR count). The number of ether oxygens (including phenoxy) is 2. The summed E-state index contributed by atoms with van der Waals surface area (Å²) in [6, 6.07) is 3.99. The molecule has 0 aromatic heterocycles. The summed E-state index contributed by atoms with van der Waals surface area (Å²) in [6.45, 7) is 4.22. The van der Waals surface area contributed by atoms with Crippen LogP contribution in [-0.4, -0.2) is 31.3 Å². The summed E-state index contributed by atoms with van der Waals surface area (Å²) < 4.78 is 12.1. The summed E-state index contributed by atoms with van der Waals surface area (Å²) in [6.07, 6.45) is 2.64. The molecule has 5 heteroatoms. The van der Waals surface area contributed by atoms with Gasteiger partial charge in [-0.3, -0.25) is 0 Å². The molecule has 112 valence electrons. The predicted octanol–water partition coefficient (Wildman–Crippen LogP) is 3.84. The zero-order valence-electron chi connectivity index (χ0n) is 12.3. The fourth-order valence-corrected chi connectivity index (χ4v) is 4.21. The Bertz CT molecular complexity index is 461. The van der Waals surface area contributed by atoms with Crippen molar-refractivity contribution < 1.29 is 9.47 Å². The van der Waals surface area contributed by atoms with Crippen molar-refractivity contribution in [2.24, 2.45) is 0 Å². The average molecular weight is 360 g/mol. The van der Waals surface area contributed by atoms with E-state index in [1.165, 1.54) is 24.2 Å². The van der Waals surface area contributed by atoms with Crippen LogP contribution in [0.15, 0.2) is 16.6 Å². The lowest BCUT2D eigenvalue weighted by molar-refractivity contribution is 0.354. The molecule has 1 N–H and O–H groups in total. The van der Waals surface area contributed by atoms with Gasteiger partial charge in [0.2, 0.25) is 0 Å². The Labute approximate surface area is 133 Å². The normalized spacial score (nSPS) is 22.0. The van der Waals surface area contributed by atoms with Crippen molar-refractivity contribution in [3.8, 4) is 11.5 Å². The Morgan fingerprint density at radius 2 is 2.00 bits per heavy atom. The first kappa shape index (κ1) is 16.0. The van der Waals surface area contributed by atoms with Gasteiger partial charge in [-0.1, -0.05) is 15.9 Å². The molecule has 0 saturated carbocycles. The Morgan fingerprint density at radius 1 is 1.30 bits per heavy atom. The quantitative estimate of drug-likeness (QED) is 0.835. The number of rotatable bonds is 6. The monoisotopic (exact) mass is 359 g/mol. The molecule has 0 spiro atoms. The Hall–Kier alpha value is -0.390. The van der Waals surface area contributed by atoms with E-state index in [0.717, 1.165) is 29.1 Å². The van der Waals surface area contributed by atoms with E-state index >= 15 is 0 Å². The highest BCUT2D eigenvalue weighted by Gasteiger charge is 2.28. The fourth-order valence-electron chi connectivity index (χ4n) is 2.47. The second-order valence-corrected chi connectivity index (χ2v) is 7.84. The number of methoxy groups -OCH3 is 2. The standard InChI is InChI=1S/C15H22BrNO2S/c1-15(5-4-6-20-15)10-17-9-11-7-13(18-2)14(19-3)8-12(11)16/h7-8,17H,4-6,9-10H2,1-3H3. The van der Waals surface area contributed by atoms with Crippen LogP contribution in [0.1, 0.15) is 25.3 Å². The molecule has 0 aliphatic carbocycles. The maximum absolute atomic E-state index is 5.35. The number of hydrogen-bond acceptors (Lipinski definition) is 4. The van der Waals surface area contributed by atoms with Crippen molar-refractivity contribution in [1.29, 1.82) is 0 Å². The lowest BCUT2D eigenvalue weighted by Gasteiger charge is -2.23. The third-order valence-electron chi connectivity index (χ3n) is 3.67. The molecule has 1 aliphatic heterocycles. The molecule has 3 nitrogen and oxygen atoms in total. The van der Waals surface area contributed by atoms with Gasteiger partial charge in [-0.2, -0.15) is 11.8 Å². The molecule has 0 bridgehead atoms. The molecular formula is C15H22BrNO2S. The first-order chi connectivity index (χ1) is 9.58. The van der Waals surface area contributed by atoms with Gasteiger partial charge in [0.05, 0.1) is 14.2 Å². The van der Waals surface area contributed by atoms with Crippen LogP contribution in [-0.2, 0) is 6.54 Å². The van der Waals surface area contributed by atoms with E-state index in [4.69, 9.17) is 9.47 Å². The van der Waals surface area contributed by atoms with Crippen LogP contribution in [0, 0.1) is 0 Å². The number of thioether (sulfide) groups is 1. The zero-order chi connectivity index (χ0) is 14.6. The van der Waals surface area contributed by atoms with Gasteiger partial charge in [0.1, 0.15) is 0 Å². The summed E-state index contributed by atoms with van der Waals surface area (Å²) in [7, 11) is 3.32. The third-order valence-corrected chi connectivity index (χ3v) is 5.94. The Morgan fingerprint density at radius 3 is 2.60 bits per heavy atom. The average Bonchev–Trinajstić information content (AvgIpc) is 2.87. The first-order valence-corrected chi connectivity index (χ1v) is 8.61. The largest absolute Gasteiger partial charge is 0.493 e. The van der Waals surface area contributed by atoms with E-state index in [-0.39, 0.29) is 0 Å².